The topological polar surface area (TPSA) is 55.1 Å². The third-order valence-corrected chi connectivity index (χ3v) is 4.50. The Balaban J connectivity index is 0.00000192. The SMILES string of the molecule is N#C[C-](c1ccc2c(c1)OCO2)c1c(Cl)c(Cl)nc(Cl)c1Cl.[Li+]. The zero-order valence-corrected chi connectivity index (χ0v) is 14.7. The third kappa shape index (κ3) is 3.32. The average molecular weight is 382 g/mol. The van der Waals surface area contributed by atoms with E-state index in [-0.39, 0.29) is 57.5 Å². The van der Waals surface area contributed by atoms with Crippen LogP contribution in [0.1, 0.15) is 11.1 Å². The van der Waals surface area contributed by atoms with Crippen molar-refractivity contribution in [2.45, 2.75) is 0 Å². The number of fused-ring (bicyclic) bond motifs is 1. The number of aromatic nitrogens is 1. The van der Waals surface area contributed by atoms with Crippen LogP contribution in [-0.4, -0.2) is 11.8 Å². The molecule has 0 N–H and O–H groups in total. The number of nitriles is 1. The molecule has 3 rings (SSSR count). The maximum Gasteiger partial charge on any atom is 1.00 e. The fourth-order valence-corrected chi connectivity index (χ4v) is 2.94. The van der Waals surface area contributed by atoms with Crippen LogP contribution in [0, 0.1) is 17.2 Å². The smallest absolute Gasteiger partial charge is 0.461 e. The van der Waals surface area contributed by atoms with Gasteiger partial charge in [0.15, 0.2) is 5.75 Å². The first kappa shape index (κ1) is 18.4. The van der Waals surface area contributed by atoms with Gasteiger partial charge in [0.1, 0.15) is 16.1 Å². The van der Waals surface area contributed by atoms with E-state index in [1.165, 1.54) is 0 Å². The third-order valence-electron chi connectivity index (χ3n) is 3.02. The molecule has 0 saturated carbocycles. The van der Waals surface area contributed by atoms with Gasteiger partial charge in [0.25, 0.3) is 0 Å². The molecule has 2 aromatic rings. The monoisotopic (exact) mass is 380 g/mol. The Bertz CT molecular complexity index is 784. The first-order chi connectivity index (χ1) is 10.5. The van der Waals surface area contributed by atoms with Crippen LogP contribution in [0.4, 0.5) is 0 Å². The van der Waals surface area contributed by atoms with Gasteiger partial charge in [0.2, 0.25) is 6.79 Å². The van der Waals surface area contributed by atoms with Crippen molar-refractivity contribution in [3.63, 3.8) is 0 Å². The predicted molar refractivity (Wildman–Crippen MR) is 83.9 cm³/mol. The van der Waals surface area contributed by atoms with Gasteiger partial charge in [-0.15, -0.1) is 34.8 Å². The maximum absolute atomic E-state index is 9.53. The molecule has 0 saturated heterocycles. The van der Waals surface area contributed by atoms with Gasteiger partial charge in [-0.05, 0) is 12.0 Å². The normalized spacial score (nSPS) is 11.6. The number of rotatable bonds is 2. The van der Waals surface area contributed by atoms with Crippen LogP contribution in [0.15, 0.2) is 18.2 Å². The van der Waals surface area contributed by atoms with E-state index in [0.29, 0.717) is 17.1 Å². The molecule has 1 aromatic heterocycles. The molecule has 0 unspecified atom stereocenters. The Kier molecular flexibility index (Phi) is 5.87. The summed E-state index contributed by atoms with van der Waals surface area (Å²) in [6, 6.07) is 7.12. The summed E-state index contributed by atoms with van der Waals surface area (Å²) in [5.74, 6) is 1.34. The van der Waals surface area contributed by atoms with Gasteiger partial charge in [0, 0.05) is 10.0 Å². The molecule has 0 aliphatic carbocycles. The summed E-state index contributed by atoms with van der Waals surface area (Å²) in [6.45, 7) is 0.134. The molecule has 1 aliphatic rings. The van der Waals surface area contributed by atoms with Gasteiger partial charge >= 0.3 is 18.9 Å². The van der Waals surface area contributed by atoms with E-state index in [1.54, 1.807) is 18.2 Å². The first-order valence-corrected chi connectivity index (χ1v) is 7.41. The Morgan fingerprint density at radius 3 is 2.26 bits per heavy atom. The van der Waals surface area contributed by atoms with Crippen molar-refractivity contribution in [1.29, 1.82) is 5.26 Å². The summed E-state index contributed by atoms with van der Waals surface area (Å²) >= 11 is 24.1. The molecule has 1 aromatic carbocycles. The Hall–Kier alpha value is -0.913. The summed E-state index contributed by atoms with van der Waals surface area (Å²) in [7, 11) is 0. The number of nitrogens with zero attached hydrogens (tertiary/aromatic N) is 2. The van der Waals surface area contributed by atoms with E-state index in [4.69, 9.17) is 55.9 Å². The molecule has 2 heterocycles. The van der Waals surface area contributed by atoms with Crippen molar-refractivity contribution in [2.24, 2.45) is 0 Å². The van der Waals surface area contributed by atoms with E-state index in [9.17, 15) is 5.26 Å². The molecule has 1 aliphatic heterocycles. The van der Waals surface area contributed by atoms with Gasteiger partial charge in [0.05, 0.1) is 6.07 Å². The fourth-order valence-electron chi connectivity index (χ4n) is 2.02. The predicted octanol–water partition coefficient (Wildman–Crippen LogP) is 1.92. The van der Waals surface area contributed by atoms with Crippen LogP contribution in [0.3, 0.4) is 0 Å². The molecule has 0 radical (unpaired) electrons. The number of benzene rings is 1. The molecular formula is C14H5Cl4LiN2O2. The van der Waals surface area contributed by atoms with Gasteiger partial charge in [-0.2, -0.15) is 0 Å². The summed E-state index contributed by atoms with van der Waals surface area (Å²) in [5.41, 5.74) is 0.781. The summed E-state index contributed by atoms with van der Waals surface area (Å²) < 4.78 is 10.5. The minimum Gasteiger partial charge on any atom is -0.461 e. The molecule has 0 bridgehead atoms. The van der Waals surface area contributed by atoms with Crippen LogP contribution in [-0.2, 0) is 0 Å². The van der Waals surface area contributed by atoms with E-state index >= 15 is 0 Å². The standard InChI is InChI=1S/C14H5Cl4N2O2.Li/c15-11-10(12(16)14(18)20-13(11)17)7(4-19)6-1-2-8-9(3-6)22-5-21-8;/h1-3H,5H2;/q-1;+1. The molecule has 0 atom stereocenters. The first-order valence-electron chi connectivity index (χ1n) is 5.90. The van der Waals surface area contributed by atoms with Crippen molar-refractivity contribution in [2.75, 3.05) is 6.79 Å². The molecule has 4 nitrogen and oxygen atoms in total. The summed E-state index contributed by atoms with van der Waals surface area (Å²) in [5, 5.41) is 9.59. The average Bonchev–Trinajstić information content (AvgIpc) is 2.97. The molecule has 0 spiro atoms. The zero-order valence-electron chi connectivity index (χ0n) is 11.7. The van der Waals surface area contributed by atoms with E-state index in [2.05, 4.69) is 11.1 Å². The van der Waals surface area contributed by atoms with Crippen molar-refractivity contribution >= 4 is 46.4 Å². The van der Waals surface area contributed by atoms with E-state index in [0.717, 1.165) is 0 Å². The van der Waals surface area contributed by atoms with Crippen molar-refractivity contribution in [3.05, 3.63) is 55.6 Å². The van der Waals surface area contributed by atoms with E-state index < -0.39 is 0 Å². The van der Waals surface area contributed by atoms with E-state index in [1.807, 2.05) is 0 Å². The van der Waals surface area contributed by atoms with Crippen molar-refractivity contribution < 1.29 is 28.3 Å². The largest absolute Gasteiger partial charge is 1.00 e. The van der Waals surface area contributed by atoms with Gasteiger partial charge in [-0.1, -0.05) is 34.8 Å². The second kappa shape index (κ2) is 7.32. The number of halogens is 4. The quantitative estimate of drug-likeness (QED) is 0.453. The van der Waals surface area contributed by atoms with Crippen LogP contribution >= 0.6 is 46.4 Å². The zero-order chi connectivity index (χ0) is 15.9. The Morgan fingerprint density at radius 1 is 1.04 bits per heavy atom. The molecular weight excluding hydrogens is 377 g/mol. The number of pyridine rings is 1. The second-order valence-corrected chi connectivity index (χ2v) is 5.72. The minimum atomic E-state index is -0.0282. The van der Waals surface area contributed by atoms with Gasteiger partial charge in [-0.3, -0.25) is 0 Å². The van der Waals surface area contributed by atoms with Crippen molar-refractivity contribution in [1.82, 2.24) is 4.98 Å². The number of ether oxygens (including phenoxy) is 2. The fraction of sp³-hybridized carbons (Fsp3) is 0.0714. The Labute approximate surface area is 164 Å². The van der Waals surface area contributed by atoms with Crippen LogP contribution in [0.2, 0.25) is 20.4 Å². The van der Waals surface area contributed by atoms with Gasteiger partial charge in [-0.25, -0.2) is 10.2 Å². The maximum atomic E-state index is 9.53. The van der Waals surface area contributed by atoms with Crippen molar-refractivity contribution in [3.8, 4) is 17.6 Å². The summed E-state index contributed by atoms with van der Waals surface area (Å²) in [4.78, 5) is 3.80. The number of hydrogen-bond acceptors (Lipinski definition) is 4. The molecule has 0 fully saturated rings. The van der Waals surface area contributed by atoms with Crippen LogP contribution in [0.5, 0.6) is 11.5 Å². The second-order valence-electron chi connectivity index (χ2n) is 4.25. The summed E-state index contributed by atoms with van der Waals surface area (Å²) in [6.07, 6.45) is 0. The minimum absolute atomic E-state index is 0. The number of hydrogen-bond donors (Lipinski definition) is 0. The van der Waals surface area contributed by atoms with Crippen LogP contribution < -0.4 is 28.3 Å². The molecule has 112 valence electrons. The molecule has 0 amide bonds. The Morgan fingerprint density at radius 2 is 1.65 bits per heavy atom. The van der Waals surface area contributed by atoms with Gasteiger partial charge < -0.3 is 9.47 Å². The van der Waals surface area contributed by atoms with Crippen LogP contribution in [0.25, 0.3) is 0 Å². The molecule has 9 heteroatoms. The molecule has 23 heavy (non-hydrogen) atoms.